The largest absolute Gasteiger partial charge is 0.465 e. The summed E-state index contributed by atoms with van der Waals surface area (Å²) in [5.74, 6) is -0.0612. The van der Waals surface area contributed by atoms with Crippen molar-refractivity contribution in [3.63, 3.8) is 0 Å². The number of hydrogen-bond acceptors (Lipinski definition) is 5. The number of esters is 1. The number of carbonyl (C=O) groups excluding carboxylic acids is 2. The second kappa shape index (κ2) is 9.22. The zero-order chi connectivity index (χ0) is 20.0. The van der Waals surface area contributed by atoms with Crippen LogP contribution in [0.3, 0.4) is 0 Å². The van der Waals surface area contributed by atoms with Crippen molar-refractivity contribution >= 4 is 12.1 Å². The van der Waals surface area contributed by atoms with E-state index in [9.17, 15) is 14.7 Å². The highest BCUT2D eigenvalue weighted by atomic mass is 16.6. The Labute approximate surface area is 161 Å². The lowest BCUT2D eigenvalue weighted by Crippen LogP contribution is -2.44. The molecule has 1 saturated carbocycles. The highest BCUT2D eigenvalue weighted by Gasteiger charge is 2.31. The molecule has 1 N–H and O–H groups in total. The first-order chi connectivity index (χ1) is 12.7. The summed E-state index contributed by atoms with van der Waals surface area (Å²) in [6.07, 6.45) is 3.19. The van der Waals surface area contributed by atoms with E-state index in [0.717, 1.165) is 31.2 Å². The molecule has 0 bridgehead atoms. The Kier molecular flexibility index (Phi) is 7.25. The summed E-state index contributed by atoms with van der Waals surface area (Å²) in [5.41, 5.74) is 0.846. The molecule has 6 heteroatoms. The van der Waals surface area contributed by atoms with Gasteiger partial charge in [0.05, 0.1) is 12.7 Å². The van der Waals surface area contributed by atoms with Crippen LogP contribution in [0.1, 0.15) is 62.4 Å². The van der Waals surface area contributed by atoms with Crippen LogP contribution in [-0.2, 0) is 16.0 Å². The standard InChI is InChI=1S/C21H31NO5/c1-21(2,3)27-20(25)22(18-11-7-16(14-23)8-12-18)13-15-5-9-17(10-6-15)19(24)26-4/h5-6,9-10,16,18,23H,7-8,11-14H2,1-4H3. The minimum absolute atomic E-state index is 0.0860. The van der Waals surface area contributed by atoms with E-state index in [4.69, 9.17) is 9.47 Å². The van der Waals surface area contributed by atoms with Gasteiger partial charge in [0.25, 0.3) is 0 Å². The Morgan fingerprint density at radius 2 is 1.70 bits per heavy atom. The van der Waals surface area contributed by atoms with Gasteiger partial charge in [0.2, 0.25) is 0 Å². The third-order valence-electron chi connectivity index (χ3n) is 4.87. The van der Waals surface area contributed by atoms with Gasteiger partial charge in [-0.2, -0.15) is 0 Å². The molecule has 1 amide bonds. The van der Waals surface area contributed by atoms with Crippen molar-refractivity contribution in [3.8, 4) is 0 Å². The van der Waals surface area contributed by atoms with Crippen molar-refractivity contribution in [2.24, 2.45) is 5.92 Å². The summed E-state index contributed by atoms with van der Waals surface area (Å²) in [5, 5.41) is 9.36. The summed E-state index contributed by atoms with van der Waals surface area (Å²) < 4.78 is 10.3. The van der Waals surface area contributed by atoms with E-state index in [1.165, 1.54) is 7.11 Å². The molecule has 1 aliphatic rings. The van der Waals surface area contributed by atoms with E-state index in [0.29, 0.717) is 18.0 Å². The number of nitrogens with zero attached hydrogens (tertiary/aromatic N) is 1. The molecule has 0 unspecified atom stereocenters. The molecule has 0 heterocycles. The maximum atomic E-state index is 12.8. The number of rotatable bonds is 5. The van der Waals surface area contributed by atoms with Crippen LogP contribution in [0.4, 0.5) is 4.79 Å². The first-order valence-corrected chi connectivity index (χ1v) is 9.51. The van der Waals surface area contributed by atoms with Crippen LogP contribution in [0.25, 0.3) is 0 Å². The normalized spacial score (nSPS) is 20.0. The smallest absolute Gasteiger partial charge is 0.410 e. The summed E-state index contributed by atoms with van der Waals surface area (Å²) in [6.45, 7) is 6.20. The van der Waals surface area contributed by atoms with Crippen LogP contribution in [-0.4, -0.2) is 47.4 Å². The van der Waals surface area contributed by atoms with Gasteiger partial charge in [0.15, 0.2) is 0 Å². The van der Waals surface area contributed by atoms with E-state index >= 15 is 0 Å². The predicted octanol–water partition coefficient (Wildman–Crippen LogP) is 3.76. The number of hydrogen-bond donors (Lipinski definition) is 1. The van der Waals surface area contributed by atoms with E-state index in [1.807, 2.05) is 32.9 Å². The molecule has 0 atom stereocenters. The van der Waals surface area contributed by atoms with Crippen LogP contribution in [0.2, 0.25) is 0 Å². The zero-order valence-electron chi connectivity index (χ0n) is 16.7. The fourth-order valence-corrected chi connectivity index (χ4v) is 3.36. The SMILES string of the molecule is COC(=O)c1ccc(CN(C(=O)OC(C)(C)C)C2CCC(CO)CC2)cc1. The molecule has 2 rings (SSSR count). The van der Waals surface area contributed by atoms with E-state index in [1.54, 1.807) is 17.0 Å². The number of benzene rings is 1. The Balaban J connectivity index is 2.14. The Bertz CT molecular complexity index is 627. The van der Waals surface area contributed by atoms with Crippen LogP contribution in [0.5, 0.6) is 0 Å². The molecule has 1 fully saturated rings. The first kappa shape index (κ1) is 21.2. The van der Waals surface area contributed by atoms with Crippen LogP contribution in [0.15, 0.2) is 24.3 Å². The Hall–Kier alpha value is -2.08. The molecule has 150 valence electrons. The fourth-order valence-electron chi connectivity index (χ4n) is 3.36. The average Bonchev–Trinajstić information content (AvgIpc) is 2.64. The van der Waals surface area contributed by atoms with Gasteiger partial charge in [-0.15, -0.1) is 0 Å². The zero-order valence-corrected chi connectivity index (χ0v) is 16.7. The quantitative estimate of drug-likeness (QED) is 0.791. The number of aliphatic hydroxyl groups is 1. The van der Waals surface area contributed by atoms with Crippen molar-refractivity contribution in [1.29, 1.82) is 0 Å². The molecule has 1 aromatic rings. The molecule has 27 heavy (non-hydrogen) atoms. The van der Waals surface area contributed by atoms with E-state index in [-0.39, 0.29) is 24.7 Å². The van der Waals surface area contributed by atoms with Crippen LogP contribution < -0.4 is 0 Å². The predicted molar refractivity (Wildman–Crippen MR) is 102 cm³/mol. The molecule has 1 aromatic carbocycles. The Morgan fingerprint density at radius 1 is 1.11 bits per heavy atom. The lowest BCUT2D eigenvalue weighted by molar-refractivity contribution is 0.00668. The molecule has 0 radical (unpaired) electrons. The molecule has 0 saturated heterocycles. The monoisotopic (exact) mass is 377 g/mol. The number of amides is 1. The first-order valence-electron chi connectivity index (χ1n) is 9.51. The van der Waals surface area contributed by atoms with Crippen molar-refractivity contribution in [2.45, 2.75) is 64.6 Å². The summed E-state index contributed by atoms with van der Waals surface area (Å²) in [4.78, 5) is 26.2. The van der Waals surface area contributed by atoms with Crippen molar-refractivity contribution in [3.05, 3.63) is 35.4 Å². The van der Waals surface area contributed by atoms with Crippen molar-refractivity contribution in [1.82, 2.24) is 4.90 Å². The van der Waals surface area contributed by atoms with Gasteiger partial charge in [-0.3, -0.25) is 0 Å². The highest BCUT2D eigenvalue weighted by Crippen LogP contribution is 2.29. The minimum atomic E-state index is -0.563. The van der Waals surface area contributed by atoms with Gasteiger partial charge in [-0.1, -0.05) is 12.1 Å². The van der Waals surface area contributed by atoms with Gasteiger partial charge >= 0.3 is 12.1 Å². The van der Waals surface area contributed by atoms with Gasteiger partial charge in [-0.05, 0) is 70.1 Å². The maximum absolute atomic E-state index is 12.8. The molecular formula is C21H31NO5. The highest BCUT2D eigenvalue weighted by molar-refractivity contribution is 5.89. The number of aliphatic hydroxyl groups excluding tert-OH is 1. The molecule has 0 aromatic heterocycles. The van der Waals surface area contributed by atoms with Gasteiger partial charge in [0, 0.05) is 19.2 Å². The van der Waals surface area contributed by atoms with Gasteiger partial charge in [0.1, 0.15) is 5.60 Å². The summed E-state index contributed by atoms with van der Waals surface area (Å²) in [6, 6.07) is 7.17. The minimum Gasteiger partial charge on any atom is -0.465 e. The molecule has 0 spiro atoms. The fraction of sp³-hybridized carbons (Fsp3) is 0.619. The number of ether oxygens (including phenoxy) is 2. The third-order valence-corrected chi connectivity index (χ3v) is 4.87. The topological polar surface area (TPSA) is 76.1 Å². The molecular weight excluding hydrogens is 346 g/mol. The third kappa shape index (κ3) is 6.24. The van der Waals surface area contributed by atoms with Gasteiger partial charge < -0.3 is 19.5 Å². The van der Waals surface area contributed by atoms with E-state index in [2.05, 4.69) is 0 Å². The molecule has 6 nitrogen and oxygen atoms in total. The summed E-state index contributed by atoms with van der Waals surface area (Å²) in [7, 11) is 1.35. The average molecular weight is 377 g/mol. The van der Waals surface area contributed by atoms with Gasteiger partial charge in [-0.25, -0.2) is 9.59 Å². The van der Waals surface area contributed by atoms with Crippen molar-refractivity contribution in [2.75, 3.05) is 13.7 Å². The molecule has 0 aliphatic heterocycles. The lowest BCUT2D eigenvalue weighted by Gasteiger charge is -2.37. The number of carbonyl (C=O) groups is 2. The second-order valence-corrected chi connectivity index (χ2v) is 8.15. The second-order valence-electron chi connectivity index (χ2n) is 8.15. The Morgan fingerprint density at radius 3 is 2.19 bits per heavy atom. The summed E-state index contributed by atoms with van der Waals surface area (Å²) >= 11 is 0. The van der Waals surface area contributed by atoms with E-state index < -0.39 is 5.60 Å². The molecule has 1 aliphatic carbocycles. The lowest BCUT2D eigenvalue weighted by atomic mass is 9.86. The number of methoxy groups -OCH3 is 1. The van der Waals surface area contributed by atoms with Crippen molar-refractivity contribution < 1.29 is 24.2 Å². The van der Waals surface area contributed by atoms with Crippen LogP contribution in [0, 0.1) is 5.92 Å². The maximum Gasteiger partial charge on any atom is 0.410 e. The van der Waals surface area contributed by atoms with Crippen LogP contribution >= 0.6 is 0 Å².